The Morgan fingerprint density at radius 2 is 1.69 bits per heavy atom. The van der Waals surface area contributed by atoms with Gasteiger partial charge in [-0.2, -0.15) is 0 Å². The van der Waals surface area contributed by atoms with E-state index in [1.54, 1.807) is 49.4 Å². The topological polar surface area (TPSA) is 75.3 Å². The van der Waals surface area contributed by atoms with Crippen molar-refractivity contribution in [1.29, 1.82) is 0 Å². The molecule has 0 radical (unpaired) electrons. The van der Waals surface area contributed by atoms with Crippen LogP contribution in [0.2, 0.25) is 10.0 Å². The summed E-state index contributed by atoms with van der Waals surface area (Å²) in [5, 5.41) is 3.67. The van der Waals surface area contributed by atoms with Gasteiger partial charge in [-0.15, -0.1) is 0 Å². The Kier molecular flexibility index (Phi) is 6.69. The first kappa shape index (κ1) is 20.3. The second kappa shape index (κ2) is 8.58. The van der Waals surface area contributed by atoms with Gasteiger partial charge in [-0.05, 0) is 36.8 Å². The van der Waals surface area contributed by atoms with Crippen LogP contribution in [0.4, 0.5) is 5.69 Å². The summed E-state index contributed by atoms with van der Waals surface area (Å²) in [4.78, 5) is 12.2. The Morgan fingerprint density at radius 3 is 2.31 bits per heavy atom. The lowest BCUT2D eigenvalue weighted by molar-refractivity contribution is -0.117. The van der Waals surface area contributed by atoms with Crippen molar-refractivity contribution in [2.24, 2.45) is 0 Å². The van der Waals surface area contributed by atoms with E-state index in [9.17, 15) is 13.2 Å². The zero-order chi connectivity index (χ0) is 19.3. The monoisotopic (exact) mass is 412 g/mol. The molecule has 2 aromatic carbocycles. The van der Waals surface area contributed by atoms with E-state index in [4.69, 9.17) is 23.2 Å². The number of amides is 1. The first-order chi connectivity index (χ1) is 12.2. The van der Waals surface area contributed by atoms with Crippen LogP contribution in [0.5, 0.6) is 0 Å². The SMILES string of the molecule is CC(NC(=O)C=Cc1c(Cl)cccc1Cl)c1ccccc1NS(C)(=O)=O. The fourth-order valence-electron chi connectivity index (χ4n) is 2.34. The summed E-state index contributed by atoms with van der Waals surface area (Å²) < 4.78 is 25.4. The molecule has 2 rings (SSSR count). The van der Waals surface area contributed by atoms with Crippen molar-refractivity contribution in [2.45, 2.75) is 13.0 Å². The number of carbonyl (C=O) groups is 1. The fourth-order valence-corrected chi connectivity index (χ4v) is 3.44. The molecule has 2 N–H and O–H groups in total. The lowest BCUT2D eigenvalue weighted by Gasteiger charge is -2.17. The van der Waals surface area contributed by atoms with E-state index < -0.39 is 16.1 Å². The van der Waals surface area contributed by atoms with Crippen molar-refractivity contribution in [3.8, 4) is 0 Å². The Labute approximate surface area is 163 Å². The van der Waals surface area contributed by atoms with Gasteiger partial charge in [-0.1, -0.05) is 47.5 Å². The third-order valence-electron chi connectivity index (χ3n) is 3.48. The second-order valence-corrected chi connectivity index (χ2v) is 8.22. The maximum Gasteiger partial charge on any atom is 0.244 e. The summed E-state index contributed by atoms with van der Waals surface area (Å²) in [6, 6.07) is 11.5. The smallest absolute Gasteiger partial charge is 0.244 e. The molecule has 1 amide bonds. The summed E-state index contributed by atoms with van der Waals surface area (Å²) in [7, 11) is -3.42. The van der Waals surface area contributed by atoms with Gasteiger partial charge in [0.2, 0.25) is 15.9 Å². The average Bonchev–Trinajstić information content (AvgIpc) is 2.53. The summed E-state index contributed by atoms with van der Waals surface area (Å²) in [5.74, 6) is -0.359. The van der Waals surface area contributed by atoms with Crippen molar-refractivity contribution in [3.63, 3.8) is 0 Å². The van der Waals surface area contributed by atoms with Crippen LogP contribution in [0.15, 0.2) is 48.5 Å². The van der Waals surface area contributed by atoms with Crippen LogP contribution in [0.3, 0.4) is 0 Å². The molecule has 0 fully saturated rings. The Hall–Kier alpha value is -2.02. The van der Waals surface area contributed by atoms with Crippen molar-refractivity contribution in [2.75, 3.05) is 11.0 Å². The molecule has 8 heteroatoms. The number of hydrogen-bond donors (Lipinski definition) is 2. The first-order valence-corrected chi connectivity index (χ1v) is 10.3. The van der Waals surface area contributed by atoms with Crippen LogP contribution in [-0.4, -0.2) is 20.6 Å². The number of sulfonamides is 1. The molecule has 26 heavy (non-hydrogen) atoms. The molecule has 0 bridgehead atoms. The normalized spacial score (nSPS) is 12.8. The molecule has 0 aliphatic heterocycles. The average molecular weight is 413 g/mol. The van der Waals surface area contributed by atoms with Crippen LogP contribution >= 0.6 is 23.2 Å². The van der Waals surface area contributed by atoms with Gasteiger partial charge in [0, 0.05) is 21.7 Å². The summed E-state index contributed by atoms with van der Waals surface area (Å²) in [6.07, 6.45) is 3.94. The van der Waals surface area contributed by atoms with Crippen LogP contribution in [-0.2, 0) is 14.8 Å². The van der Waals surface area contributed by atoms with Gasteiger partial charge < -0.3 is 5.32 Å². The number of para-hydroxylation sites is 1. The number of nitrogens with one attached hydrogen (secondary N) is 2. The zero-order valence-corrected chi connectivity index (χ0v) is 16.5. The maximum absolute atomic E-state index is 12.2. The molecule has 1 unspecified atom stereocenters. The minimum Gasteiger partial charge on any atom is -0.346 e. The molecule has 0 aliphatic rings. The molecular weight excluding hydrogens is 395 g/mol. The Morgan fingerprint density at radius 1 is 1.08 bits per heavy atom. The van der Waals surface area contributed by atoms with E-state index in [2.05, 4.69) is 10.0 Å². The van der Waals surface area contributed by atoms with Crippen LogP contribution in [0.25, 0.3) is 6.08 Å². The largest absolute Gasteiger partial charge is 0.346 e. The molecule has 0 heterocycles. The minimum atomic E-state index is -3.42. The second-order valence-electron chi connectivity index (χ2n) is 5.66. The van der Waals surface area contributed by atoms with Gasteiger partial charge in [0.05, 0.1) is 18.0 Å². The Balaban J connectivity index is 2.14. The van der Waals surface area contributed by atoms with Gasteiger partial charge in [-0.25, -0.2) is 8.42 Å². The first-order valence-electron chi connectivity index (χ1n) is 7.66. The van der Waals surface area contributed by atoms with Gasteiger partial charge >= 0.3 is 0 Å². The number of carbonyl (C=O) groups excluding carboxylic acids is 1. The number of hydrogen-bond acceptors (Lipinski definition) is 3. The molecule has 138 valence electrons. The van der Waals surface area contributed by atoms with E-state index in [0.717, 1.165) is 6.26 Å². The maximum atomic E-state index is 12.2. The van der Waals surface area contributed by atoms with Crippen LogP contribution in [0, 0.1) is 0 Å². The van der Waals surface area contributed by atoms with E-state index >= 15 is 0 Å². The lowest BCUT2D eigenvalue weighted by atomic mass is 10.1. The van der Waals surface area contributed by atoms with Gasteiger partial charge in [0.25, 0.3) is 0 Å². The summed E-state index contributed by atoms with van der Waals surface area (Å²) in [6.45, 7) is 1.76. The summed E-state index contributed by atoms with van der Waals surface area (Å²) >= 11 is 12.1. The van der Waals surface area contributed by atoms with Gasteiger partial charge in [0.15, 0.2) is 0 Å². The van der Waals surface area contributed by atoms with E-state index in [-0.39, 0.29) is 5.91 Å². The van der Waals surface area contributed by atoms with Crippen molar-refractivity contribution in [3.05, 3.63) is 69.7 Å². The minimum absolute atomic E-state index is 0.359. The molecule has 0 saturated carbocycles. The third-order valence-corrected chi connectivity index (χ3v) is 4.73. The number of benzene rings is 2. The predicted octanol–water partition coefficient (Wildman–Crippen LogP) is 4.26. The predicted molar refractivity (Wildman–Crippen MR) is 107 cm³/mol. The van der Waals surface area contributed by atoms with Crippen molar-refractivity contribution < 1.29 is 13.2 Å². The van der Waals surface area contributed by atoms with Gasteiger partial charge in [-0.3, -0.25) is 9.52 Å². The quantitative estimate of drug-likeness (QED) is 0.695. The van der Waals surface area contributed by atoms with Crippen LogP contribution in [0.1, 0.15) is 24.1 Å². The Bertz CT molecular complexity index is 923. The molecule has 0 saturated heterocycles. The van der Waals surface area contributed by atoms with E-state index in [0.29, 0.717) is 26.9 Å². The highest BCUT2D eigenvalue weighted by Gasteiger charge is 2.14. The number of rotatable bonds is 6. The zero-order valence-electron chi connectivity index (χ0n) is 14.2. The fraction of sp³-hybridized carbons (Fsp3) is 0.167. The van der Waals surface area contributed by atoms with Crippen LogP contribution < -0.4 is 10.0 Å². The molecule has 2 aromatic rings. The lowest BCUT2D eigenvalue weighted by Crippen LogP contribution is -2.25. The van der Waals surface area contributed by atoms with Crippen molar-refractivity contribution in [1.82, 2.24) is 5.32 Å². The highest BCUT2D eigenvalue weighted by molar-refractivity contribution is 7.92. The third kappa shape index (κ3) is 5.76. The highest BCUT2D eigenvalue weighted by Crippen LogP contribution is 2.26. The standard InChI is InChI=1S/C18H18Cl2N2O3S/c1-12(13-6-3-4-9-17(13)22-26(2,24)25)21-18(23)11-10-14-15(19)7-5-8-16(14)20/h3-12,22H,1-2H3,(H,21,23). The summed E-state index contributed by atoms with van der Waals surface area (Å²) in [5.41, 5.74) is 1.62. The molecule has 0 aromatic heterocycles. The molecular formula is C18H18Cl2N2O3S. The number of anilines is 1. The van der Waals surface area contributed by atoms with E-state index in [1.807, 2.05) is 0 Å². The van der Waals surface area contributed by atoms with E-state index in [1.165, 1.54) is 12.2 Å². The molecule has 1 atom stereocenters. The van der Waals surface area contributed by atoms with Crippen molar-refractivity contribution >= 4 is 50.9 Å². The molecule has 0 spiro atoms. The highest BCUT2D eigenvalue weighted by atomic mass is 35.5. The molecule has 5 nitrogen and oxygen atoms in total. The molecule has 0 aliphatic carbocycles. The number of halogens is 2. The van der Waals surface area contributed by atoms with Gasteiger partial charge in [0.1, 0.15) is 0 Å².